The van der Waals surface area contributed by atoms with Gasteiger partial charge in [-0.3, -0.25) is 9.69 Å². The van der Waals surface area contributed by atoms with E-state index in [4.69, 9.17) is 0 Å². The quantitative estimate of drug-likeness (QED) is 0.782. The van der Waals surface area contributed by atoms with Gasteiger partial charge in [0, 0.05) is 37.8 Å². The van der Waals surface area contributed by atoms with Crippen LogP contribution in [0.25, 0.3) is 0 Å². The van der Waals surface area contributed by atoms with Crippen LogP contribution in [0, 0.1) is 11.6 Å². The van der Waals surface area contributed by atoms with Gasteiger partial charge in [-0.15, -0.1) is 0 Å². The van der Waals surface area contributed by atoms with Crippen molar-refractivity contribution in [3.05, 3.63) is 65.2 Å². The molecule has 5 heteroatoms. The molecule has 2 aromatic rings. The van der Waals surface area contributed by atoms with Crippen LogP contribution in [0.5, 0.6) is 0 Å². The van der Waals surface area contributed by atoms with Gasteiger partial charge < -0.3 is 4.90 Å². The number of benzene rings is 2. The number of rotatable bonds is 4. The number of hydrogen-bond donors (Lipinski definition) is 0. The molecule has 0 saturated carbocycles. The number of nitrogens with zero attached hydrogens (tertiary/aromatic N) is 2. The molecule has 1 aliphatic heterocycles. The van der Waals surface area contributed by atoms with Crippen LogP contribution in [0.2, 0.25) is 0 Å². The third-order valence-corrected chi connectivity index (χ3v) is 4.91. The second kappa shape index (κ2) is 7.31. The Balaban J connectivity index is 1.65. The largest absolute Gasteiger partial charge is 0.367 e. The van der Waals surface area contributed by atoms with Crippen LogP contribution in [0.3, 0.4) is 0 Å². The van der Waals surface area contributed by atoms with Gasteiger partial charge >= 0.3 is 0 Å². The number of ketones is 1. The second-order valence-electron chi connectivity index (χ2n) is 6.47. The Bertz CT molecular complexity index is 753. The smallest absolute Gasteiger partial charge is 0.159 e. The highest BCUT2D eigenvalue weighted by molar-refractivity contribution is 5.94. The van der Waals surface area contributed by atoms with Crippen molar-refractivity contribution in [2.24, 2.45) is 0 Å². The maximum absolute atomic E-state index is 14.3. The van der Waals surface area contributed by atoms with E-state index in [0.717, 1.165) is 18.7 Å². The first-order chi connectivity index (χ1) is 12.0. The lowest BCUT2D eigenvalue weighted by Gasteiger charge is -2.39. The molecule has 132 valence electrons. The summed E-state index contributed by atoms with van der Waals surface area (Å²) in [5, 5.41) is 0. The van der Waals surface area contributed by atoms with Crippen molar-refractivity contribution in [3.8, 4) is 0 Å². The molecule has 0 aliphatic carbocycles. The van der Waals surface area contributed by atoms with Gasteiger partial charge in [0.05, 0.1) is 5.69 Å². The Labute approximate surface area is 146 Å². The van der Waals surface area contributed by atoms with Crippen molar-refractivity contribution < 1.29 is 13.6 Å². The summed E-state index contributed by atoms with van der Waals surface area (Å²) in [6, 6.07) is 11.4. The maximum atomic E-state index is 14.3. The minimum absolute atomic E-state index is 0.136. The van der Waals surface area contributed by atoms with E-state index in [1.54, 1.807) is 12.1 Å². The number of carbonyl (C=O) groups excluding carboxylic acids is 1. The summed E-state index contributed by atoms with van der Waals surface area (Å²) >= 11 is 0. The normalized spacial score (nSPS) is 16.7. The highest BCUT2D eigenvalue weighted by atomic mass is 19.1. The van der Waals surface area contributed by atoms with Gasteiger partial charge in [0.1, 0.15) is 11.6 Å². The average Bonchev–Trinajstić information content (AvgIpc) is 2.62. The van der Waals surface area contributed by atoms with Gasteiger partial charge in [0.2, 0.25) is 0 Å². The molecule has 0 amide bonds. The van der Waals surface area contributed by atoms with Gasteiger partial charge in [-0.1, -0.05) is 12.1 Å². The summed E-state index contributed by atoms with van der Waals surface area (Å²) in [4.78, 5) is 15.7. The number of carbonyl (C=O) groups is 1. The van der Waals surface area contributed by atoms with Crippen molar-refractivity contribution >= 4 is 11.5 Å². The third-order valence-electron chi connectivity index (χ3n) is 4.91. The van der Waals surface area contributed by atoms with Crippen LogP contribution >= 0.6 is 0 Å². The predicted octanol–water partition coefficient (Wildman–Crippen LogP) is 4.05. The van der Waals surface area contributed by atoms with Crippen LogP contribution in [0.1, 0.15) is 35.8 Å². The van der Waals surface area contributed by atoms with Crippen molar-refractivity contribution in [3.63, 3.8) is 0 Å². The molecule has 0 bridgehead atoms. The molecule has 1 aliphatic rings. The predicted molar refractivity (Wildman–Crippen MR) is 95.0 cm³/mol. The second-order valence-corrected chi connectivity index (χ2v) is 6.47. The molecule has 0 unspecified atom stereocenters. The van der Waals surface area contributed by atoms with Crippen LogP contribution in [-0.4, -0.2) is 36.9 Å². The minimum atomic E-state index is -0.354. The zero-order chi connectivity index (χ0) is 18.0. The van der Waals surface area contributed by atoms with Gasteiger partial charge in [-0.25, -0.2) is 8.78 Å². The van der Waals surface area contributed by atoms with E-state index in [2.05, 4.69) is 11.8 Å². The molecule has 1 heterocycles. The van der Waals surface area contributed by atoms with Gasteiger partial charge in [-0.05, 0) is 49.7 Å². The SMILES string of the molecule is CC(=O)c1ccc(N2CCN([C@@H](C)c3ccc(F)cc3)CC2)c(F)c1. The molecule has 2 aromatic carbocycles. The summed E-state index contributed by atoms with van der Waals surface area (Å²) in [6.07, 6.45) is 0. The van der Waals surface area contributed by atoms with Crippen molar-refractivity contribution in [1.29, 1.82) is 0 Å². The highest BCUT2D eigenvalue weighted by Gasteiger charge is 2.23. The Hall–Kier alpha value is -2.27. The number of halogens is 2. The first-order valence-corrected chi connectivity index (χ1v) is 8.50. The van der Waals surface area contributed by atoms with Crippen molar-refractivity contribution in [2.75, 3.05) is 31.1 Å². The van der Waals surface area contributed by atoms with Crippen LogP contribution in [0.15, 0.2) is 42.5 Å². The number of hydrogen-bond acceptors (Lipinski definition) is 3. The molecule has 3 rings (SSSR count). The Morgan fingerprint density at radius 3 is 2.20 bits per heavy atom. The number of anilines is 1. The van der Waals surface area contributed by atoms with Crippen LogP contribution in [0.4, 0.5) is 14.5 Å². The van der Waals surface area contributed by atoms with Gasteiger partial charge in [-0.2, -0.15) is 0 Å². The summed E-state index contributed by atoms with van der Waals surface area (Å²) in [6.45, 7) is 6.55. The number of Topliss-reactive ketones (excluding diaryl/α,β-unsaturated/α-hetero) is 1. The van der Waals surface area contributed by atoms with Crippen LogP contribution < -0.4 is 4.90 Å². The van der Waals surface area contributed by atoms with Crippen molar-refractivity contribution in [1.82, 2.24) is 4.90 Å². The average molecular weight is 344 g/mol. The molecule has 0 radical (unpaired) electrons. The molecule has 0 N–H and O–H groups in total. The van der Waals surface area contributed by atoms with Gasteiger partial charge in [0.15, 0.2) is 5.78 Å². The molecule has 0 aromatic heterocycles. The summed E-state index contributed by atoms with van der Waals surface area (Å²) in [7, 11) is 0. The lowest BCUT2D eigenvalue weighted by molar-refractivity contribution is 0.101. The lowest BCUT2D eigenvalue weighted by atomic mass is 10.1. The Kier molecular flexibility index (Phi) is 5.13. The molecule has 3 nitrogen and oxygen atoms in total. The number of piperazine rings is 1. The first-order valence-electron chi connectivity index (χ1n) is 8.50. The Morgan fingerprint density at radius 2 is 1.64 bits per heavy atom. The van der Waals surface area contributed by atoms with E-state index in [9.17, 15) is 13.6 Å². The van der Waals surface area contributed by atoms with E-state index in [1.165, 1.54) is 25.1 Å². The van der Waals surface area contributed by atoms with Crippen LogP contribution in [-0.2, 0) is 0 Å². The van der Waals surface area contributed by atoms with E-state index >= 15 is 0 Å². The third kappa shape index (κ3) is 3.87. The molecule has 1 fully saturated rings. The fraction of sp³-hybridized carbons (Fsp3) is 0.350. The fourth-order valence-electron chi connectivity index (χ4n) is 3.28. The zero-order valence-electron chi connectivity index (χ0n) is 14.5. The van der Waals surface area contributed by atoms with Crippen molar-refractivity contribution in [2.45, 2.75) is 19.9 Å². The molecule has 0 spiro atoms. The fourth-order valence-corrected chi connectivity index (χ4v) is 3.28. The summed E-state index contributed by atoms with van der Waals surface area (Å²) in [5.74, 6) is -0.721. The molecule has 25 heavy (non-hydrogen) atoms. The lowest BCUT2D eigenvalue weighted by Crippen LogP contribution is -2.47. The summed E-state index contributed by atoms with van der Waals surface area (Å²) < 4.78 is 27.4. The topological polar surface area (TPSA) is 23.6 Å². The monoisotopic (exact) mass is 344 g/mol. The molecular formula is C20H22F2N2O. The standard InChI is InChI=1S/C20H22F2N2O/c1-14(16-3-6-18(21)7-4-16)23-9-11-24(12-10-23)20-8-5-17(15(2)25)13-19(20)22/h3-8,13-14H,9-12H2,1-2H3/t14-/m0/s1. The van der Waals surface area contributed by atoms with E-state index in [-0.39, 0.29) is 23.5 Å². The van der Waals surface area contributed by atoms with E-state index < -0.39 is 0 Å². The first kappa shape index (κ1) is 17.5. The summed E-state index contributed by atoms with van der Waals surface area (Å²) in [5.41, 5.74) is 2.01. The van der Waals surface area contributed by atoms with E-state index in [1.807, 2.05) is 17.0 Å². The highest BCUT2D eigenvalue weighted by Crippen LogP contribution is 2.26. The molecule has 1 saturated heterocycles. The van der Waals surface area contributed by atoms with Gasteiger partial charge in [0.25, 0.3) is 0 Å². The molecular weight excluding hydrogens is 322 g/mol. The molecule has 1 atom stereocenters. The van der Waals surface area contributed by atoms with E-state index in [0.29, 0.717) is 24.3 Å². The zero-order valence-corrected chi connectivity index (χ0v) is 14.5. The Morgan fingerprint density at radius 1 is 1.00 bits per heavy atom. The maximum Gasteiger partial charge on any atom is 0.159 e. The minimum Gasteiger partial charge on any atom is -0.367 e.